The van der Waals surface area contributed by atoms with Gasteiger partial charge in [0.2, 0.25) is 0 Å². The Kier molecular flexibility index (Phi) is 9.10. The average molecular weight is 609 g/mol. The van der Waals surface area contributed by atoms with Gasteiger partial charge < -0.3 is 10.1 Å². The first-order valence-corrected chi connectivity index (χ1v) is 14.5. The largest absolute Gasteiger partial charge is 0.573 e. The molecule has 1 aliphatic rings. The van der Waals surface area contributed by atoms with E-state index in [1.165, 1.54) is 40.2 Å². The molecule has 0 aliphatic carbocycles. The molecule has 2 heterocycles. The zero-order valence-electron chi connectivity index (χ0n) is 23.0. The van der Waals surface area contributed by atoms with Crippen LogP contribution in [0, 0.1) is 0 Å². The van der Waals surface area contributed by atoms with Gasteiger partial charge in [0, 0.05) is 12.1 Å². The minimum absolute atomic E-state index is 0.157. The number of hydrogen-bond acceptors (Lipinski definition) is 6. The predicted molar refractivity (Wildman–Crippen MR) is 159 cm³/mol. The number of alkyl halides is 3. The number of rotatable bonds is 9. The summed E-state index contributed by atoms with van der Waals surface area (Å²) in [5.74, 6) is 0.829. The minimum atomic E-state index is -4.76. The van der Waals surface area contributed by atoms with E-state index in [0.717, 1.165) is 47.0 Å². The SMILES string of the molecule is CCCc1ccccc1N1C(=O)SC/C1=N\C(=O)NCCc1cccc(-c2ncn(-c3ccc(OC(F)(F)F)cc3)n2)c1. The van der Waals surface area contributed by atoms with Crippen LogP contribution in [-0.2, 0) is 12.8 Å². The highest BCUT2D eigenvalue weighted by molar-refractivity contribution is 8.15. The normalized spacial score (nSPS) is 14.4. The molecule has 1 aromatic heterocycles. The van der Waals surface area contributed by atoms with Gasteiger partial charge in [-0.1, -0.05) is 61.5 Å². The lowest BCUT2D eigenvalue weighted by Crippen LogP contribution is -2.32. The number of hydrogen-bond donors (Lipinski definition) is 1. The standard InChI is InChI=1S/C30H27F3N6O3S/c1-2-6-21-8-3-4-10-25(21)39-26(18-43-29(39)41)36-28(40)34-16-15-20-7-5-9-22(17-20)27-35-19-38(37-27)23-11-13-24(14-12-23)42-30(31,32)33/h3-5,7-14,17,19H,2,6,15-16,18H2,1H3,(H,34,40)/b36-26+. The topological polar surface area (TPSA) is 102 Å². The first-order valence-electron chi connectivity index (χ1n) is 13.5. The molecule has 43 heavy (non-hydrogen) atoms. The number of amidine groups is 1. The molecular weight excluding hydrogens is 581 g/mol. The summed E-state index contributed by atoms with van der Waals surface area (Å²) in [6.45, 7) is 2.39. The van der Waals surface area contributed by atoms with Crippen molar-refractivity contribution < 1.29 is 27.5 Å². The molecule has 1 saturated heterocycles. The molecular formula is C30H27F3N6O3S. The number of aliphatic imine (C=N–C) groups is 1. The van der Waals surface area contributed by atoms with Crippen LogP contribution < -0.4 is 15.0 Å². The van der Waals surface area contributed by atoms with E-state index in [1.807, 2.05) is 48.5 Å². The van der Waals surface area contributed by atoms with Crippen molar-refractivity contribution in [2.24, 2.45) is 4.99 Å². The van der Waals surface area contributed by atoms with E-state index in [4.69, 9.17) is 0 Å². The number of aryl methyl sites for hydroxylation is 1. The molecule has 0 spiro atoms. The fraction of sp³-hybridized carbons (Fsp3) is 0.233. The molecule has 0 unspecified atom stereocenters. The van der Waals surface area contributed by atoms with Gasteiger partial charge in [-0.05, 0) is 60.4 Å². The highest BCUT2D eigenvalue weighted by Gasteiger charge is 2.32. The molecule has 0 radical (unpaired) electrons. The van der Waals surface area contributed by atoms with Gasteiger partial charge in [-0.25, -0.2) is 14.5 Å². The molecule has 9 nitrogen and oxygen atoms in total. The Bertz CT molecular complexity index is 1640. The van der Waals surface area contributed by atoms with Crippen molar-refractivity contribution in [3.05, 3.63) is 90.3 Å². The molecule has 222 valence electrons. The van der Waals surface area contributed by atoms with Crippen molar-refractivity contribution in [2.75, 3.05) is 17.2 Å². The Labute approximate surface area is 249 Å². The number of halogens is 3. The molecule has 1 fully saturated rings. The van der Waals surface area contributed by atoms with Crippen molar-refractivity contribution in [3.8, 4) is 22.8 Å². The van der Waals surface area contributed by atoms with Crippen molar-refractivity contribution >= 4 is 34.6 Å². The van der Waals surface area contributed by atoms with Crippen LogP contribution in [0.25, 0.3) is 17.1 Å². The van der Waals surface area contributed by atoms with Gasteiger partial charge >= 0.3 is 12.4 Å². The third kappa shape index (κ3) is 7.60. The number of carbonyl (C=O) groups is 2. The summed E-state index contributed by atoms with van der Waals surface area (Å²) < 4.78 is 42.6. The first-order chi connectivity index (χ1) is 20.7. The molecule has 13 heteroatoms. The monoisotopic (exact) mass is 608 g/mol. The number of amides is 3. The summed E-state index contributed by atoms with van der Waals surface area (Å²) in [6, 6.07) is 19.9. The molecule has 0 bridgehead atoms. The Morgan fingerprint density at radius 3 is 2.63 bits per heavy atom. The second-order valence-corrected chi connectivity index (χ2v) is 10.5. The third-order valence-corrected chi connectivity index (χ3v) is 7.28. The molecule has 3 amide bonds. The zero-order chi connectivity index (χ0) is 30.4. The lowest BCUT2D eigenvalue weighted by molar-refractivity contribution is -0.274. The van der Waals surface area contributed by atoms with Crippen LogP contribution in [0.15, 0.2) is 84.1 Å². The smallest absolute Gasteiger partial charge is 0.406 e. The lowest BCUT2D eigenvalue weighted by atomic mass is 10.1. The van der Waals surface area contributed by atoms with Crippen LogP contribution in [0.4, 0.5) is 28.4 Å². The van der Waals surface area contributed by atoms with Crippen molar-refractivity contribution in [1.29, 1.82) is 0 Å². The molecule has 1 N–H and O–H groups in total. The fourth-order valence-electron chi connectivity index (χ4n) is 4.55. The number of nitrogens with zero attached hydrogens (tertiary/aromatic N) is 5. The van der Waals surface area contributed by atoms with E-state index >= 15 is 0 Å². The van der Waals surface area contributed by atoms with Crippen LogP contribution in [0.5, 0.6) is 5.75 Å². The van der Waals surface area contributed by atoms with Crippen LogP contribution >= 0.6 is 11.8 Å². The van der Waals surface area contributed by atoms with E-state index in [2.05, 4.69) is 32.1 Å². The van der Waals surface area contributed by atoms with Gasteiger partial charge in [-0.15, -0.1) is 18.3 Å². The van der Waals surface area contributed by atoms with Gasteiger partial charge in [-0.3, -0.25) is 9.69 Å². The molecule has 5 rings (SSSR count). The minimum Gasteiger partial charge on any atom is -0.406 e. The molecule has 3 aromatic carbocycles. The number of anilines is 1. The van der Waals surface area contributed by atoms with Gasteiger partial charge in [0.1, 0.15) is 17.9 Å². The number of ether oxygens (including phenoxy) is 1. The predicted octanol–water partition coefficient (Wildman–Crippen LogP) is 6.81. The Morgan fingerprint density at radius 2 is 1.86 bits per heavy atom. The van der Waals surface area contributed by atoms with Crippen LogP contribution in [0.3, 0.4) is 0 Å². The number of thioether (sulfide) groups is 1. The van der Waals surface area contributed by atoms with E-state index in [9.17, 15) is 22.8 Å². The van der Waals surface area contributed by atoms with E-state index in [0.29, 0.717) is 36.1 Å². The molecule has 4 aromatic rings. The van der Waals surface area contributed by atoms with Gasteiger partial charge in [0.25, 0.3) is 5.24 Å². The number of nitrogens with one attached hydrogen (secondary N) is 1. The van der Waals surface area contributed by atoms with Gasteiger partial charge in [0.05, 0.1) is 17.1 Å². The Hall–Kier alpha value is -4.65. The fourth-order valence-corrected chi connectivity index (χ4v) is 5.33. The Morgan fingerprint density at radius 1 is 1.07 bits per heavy atom. The Balaban J connectivity index is 1.20. The number of para-hydroxylation sites is 1. The second kappa shape index (κ2) is 13.1. The number of benzene rings is 3. The molecule has 0 saturated carbocycles. The number of aromatic nitrogens is 3. The van der Waals surface area contributed by atoms with Crippen molar-refractivity contribution in [1.82, 2.24) is 20.1 Å². The maximum absolute atomic E-state index is 12.7. The van der Waals surface area contributed by atoms with Gasteiger partial charge in [0.15, 0.2) is 5.82 Å². The van der Waals surface area contributed by atoms with Crippen LogP contribution in [0.2, 0.25) is 0 Å². The average Bonchev–Trinajstić information content (AvgIpc) is 3.61. The molecule has 0 atom stereocenters. The highest BCUT2D eigenvalue weighted by Crippen LogP contribution is 2.31. The quantitative estimate of drug-likeness (QED) is 0.224. The number of urea groups is 1. The summed E-state index contributed by atoms with van der Waals surface area (Å²) >= 11 is 1.12. The van der Waals surface area contributed by atoms with Crippen LogP contribution in [-0.4, -0.2) is 50.5 Å². The first kappa shape index (κ1) is 29.8. The van der Waals surface area contributed by atoms with Crippen molar-refractivity contribution in [2.45, 2.75) is 32.5 Å². The third-order valence-electron chi connectivity index (χ3n) is 6.45. The lowest BCUT2D eigenvalue weighted by Gasteiger charge is -2.19. The number of carbonyl (C=O) groups excluding carboxylic acids is 2. The van der Waals surface area contributed by atoms with E-state index in [1.54, 1.807) is 0 Å². The highest BCUT2D eigenvalue weighted by atomic mass is 32.2. The zero-order valence-corrected chi connectivity index (χ0v) is 23.9. The van der Waals surface area contributed by atoms with Gasteiger partial charge in [-0.2, -0.15) is 4.99 Å². The second-order valence-electron chi connectivity index (χ2n) is 9.53. The summed E-state index contributed by atoms with van der Waals surface area (Å²) in [7, 11) is 0. The van der Waals surface area contributed by atoms with E-state index < -0.39 is 12.4 Å². The van der Waals surface area contributed by atoms with Crippen LogP contribution in [0.1, 0.15) is 24.5 Å². The van der Waals surface area contributed by atoms with Crippen molar-refractivity contribution in [3.63, 3.8) is 0 Å². The molecule has 1 aliphatic heterocycles. The summed E-state index contributed by atoms with van der Waals surface area (Å²) in [5, 5.41) is 7.08. The van der Waals surface area contributed by atoms with E-state index in [-0.39, 0.29) is 11.0 Å². The summed E-state index contributed by atoms with van der Waals surface area (Å²) in [5.41, 5.74) is 3.97. The maximum Gasteiger partial charge on any atom is 0.573 e. The maximum atomic E-state index is 12.7. The summed E-state index contributed by atoms with van der Waals surface area (Å²) in [6.07, 6.45) is -1.04. The summed E-state index contributed by atoms with van der Waals surface area (Å²) in [4.78, 5) is 35.4.